The van der Waals surface area contributed by atoms with Gasteiger partial charge in [0, 0.05) is 30.0 Å². The highest BCUT2D eigenvalue weighted by atomic mass is 19.4. The number of nitrogens with zero attached hydrogens (tertiary/aromatic N) is 3. The van der Waals surface area contributed by atoms with Crippen molar-refractivity contribution >= 4 is 18.1 Å². The number of anilines is 2. The number of halogens is 3. The maximum absolute atomic E-state index is 13.2. The van der Waals surface area contributed by atoms with Gasteiger partial charge >= 0.3 is 6.18 Å². The molecule has 1 saturated carbocycles. The molecule has 0 bridgehead atoms. The SMILES string of the molecule is N#Cc1cccc(Nc2ncc(CNC3CC3)c(C(F)(F)F)n2)c1.O=CO. The molecule has 1 aromatic carbocycles. The molecular formula is C17H16F3N5O2. The van der Waals surface area contributed by atoms with Crippen LogP contribution in [0.4, 0.5) is 24.8 Å². The summed E-state index contributed by atoms with van der Waals surface area (Å²) in [7, 11) is 0. The molecule has 27 heavy (non-hydrogen) atoms. The first-order valence-corrected chi connectivity index (χ1v) is 7.89. The summed E-state index contributed by atoms with van der Waals surface area (Å²) in [6, 6.07) is 8.61. The number of alkyl halides is 3. The molecule has 142 valence electrons. The van der Waals surface area contributed by atoms with Gasteiger partial charge in [-0.1, -0.05) is 6.07 Å². The summed E-state index contributed by atoms with van der Waals surface area (Å²) >= 11 is 0. The molecule has 0 amide bonds. The second kappa shape index (κ2) is 8.95. The molecule has 3 N–H and O–H groups in total. The number of aromatic nitrogens is 2. The second-order valence-electron chi connectivity index (χ2n) is 5.64. The average Bonchev–Trinajstić information content (AvgIpc) is 3.45. The molecule has 1 aliphatic carbocycles. The number of benzene rings is 1. The van der Waals surface area contributed by atoms with Crippen molar-refractivity contribution in [1.82, 2.24) is 15.3 Å². The summed E-state index contributed by atoms with van der Waals surface area (Å²) in [6.45, 7) is -0.163. The summed E-state index contributed by atoms with van der Waals surface area (Å²) in [5.74, 6) is -0.160. The number of hydrogen-bond donors (Lipinski definition) is 3. The quantitative estimate of drug-likeness (QED) is 0.685. The minimum absolute atomic E-state index is 0.0192. The predicted octanol–water partition coefficient (Wildman–Crippen LogP) is 3.06. The van der Waals surface area contributed by atoms with Crippen LogP contribution in [-0.2, 0) is 17.5 Å². The highest BCUT2D eigenvalue weighted by Gasteiger charge is 2.36. The Morgan fingerprint density at radius 3 is 2.67 bits per heavy atom. The number of carbonyl (C=O) groups is 1. The topological polar surface area (TPSA) is 111 Å². The number of nitrogens with one attached hydrogen (secondary N) is 2. The Kier molecular flexibility index (Phi) is 6.67. The lowest BCUT2D eigenvalue weighted by Crippen LogP contribution is -2.21. The molecule has 10 heteroatoms. The molecule has 1 aromatic heterocycles. The van der Waals surface area contributed by atoms with Crippen LogP contribution in [0, 0.1) is 11.3 Å². The molecule has 2 aromatic rings. The Balaban J connectivity index is 0.000000817. The first-order valence-electron chi connectivity index (χ1n) is 7.89. The van der Waals surface area contributed by atoms with E-state index >= 15 is 0 Å². The number of nitriles is 1. The summed E-state index contributed by atoms with van der Waals surface area (Å²) < 4.78 is 39.7. The smallest absolute Gasteiger partial charge is 0.433 e. The highest BCUT2D eigenvalue weighted by Crippen LogP contribution is 2.31. The zero-order valence-corrected chi connectivity index (χ0v) is 14.0. The van der Waals surface area contributed by atoms with E-state index in [2.05, 4.69) is 20.6 Å². The van der Waals surface area contributed by atoms with E-state index in [9.17, 15) is 13.2 Å². The molecule has 1 fully saturated rings. The van der Waals surface area contributed by atoms with Gasteiger partial charge in [0.15, 0.2) is 5.69 Å². The van der Waals surface area contributed by atoms with Crippen molar-refractivity contribution in [2.75, 3.05) is 5.32 Å². The highest BCUT2D eigenvalue weighted by molar-refractivity contribution is 5.56. The van der Waals surface area contributed by atoms with E-state index < -0.39 is 11.9 Å². The first-order chi connectivity index (χ1) is 12.9. The van der Waals surface area contributed by atoms with Gasteiger partial charge in [0.2, 0.25) is 5.95 Å². The van der Waals surface area contributed by atoms with Crippen molar-refractivity contribution in [3.8, 4) is 6.07 Å². The molecule has 0 unspecified atom stereocenters. The fraction of sp³-hybridized carbons (Fsp3) is 0.294. The monoisotopic (exact) mass is 379 g/mol. The van der Waals surface area contributed by atoms with E-state index in [1.807, 2.05) is 6.07 Å². The molecule has 0 aliphatic heterocycles. The summed E-state index contributed by atoms with van der Waals surface area (Å²) in [5.41, 5.74) is -0.0948. The molecule has 0 atom stereocenters. The Bertz CT molecular complexity index is 832. The molecule has 0 radical (unpaired) electrons. The first kappa shape index (κ1) is 20.1. The maximum Gasteiger partial charge on any atom is 0.433 e. The van der Waals surface area contributed by atoms with Crippen molar-refractivity contribution in [3.05, 3.63) is 47.3 Å². The zero-order valence-electron chi connectivity index (χ0n) is 14.0. The molecule has 0 saturated heterocycles. The zero-order chi connectivity index (χ0) is 19.9. The van der Waals surface area contributed by atoms with E-state index in [1.54, 1.807) is 18.2 Å². The van der Waals surface area contributed by atoms with Crippen LogP contribution in [0.5, 0.6) is 0 Å². The van der Waals surface area contributed by atoms with Gasteiger partial charge in [0.25, 0.3) is 6.47 Å². The van der Waals surface area contributed by atoms with Crippen LogP contribution in [0.1, 0.15) is 29.7 Å². The lowest BCUT2D eigenvalue weighted by molar-refractivity contribution is -0.141. The molecule has 1 aliphatic rings. The fourth-order valence-electron chi connectivity index (χ4n) is 2.18. The maximum atomic E-state index is 13.2. The van der Waals surface area contributed by atoms with E-state index in [1.165, 1.54) is 12.3 Å². The van der Waals surface area contributed by atoms with Crippen LogP contribution < -0.4 is 10.6 Å². The van der Waals surface area contributed by atoms with E-state index in [4.69, 9.17) is 15.2 Å². The molecule has 3 rings (SSSR count). The van der Waals surface area contributed by atoms with Gasteiger partial charge in [-0.15, -0.1) is 0 Å². The van der Waals surface area contributed by atoms with Gasteiger partial charge in [-0.25, -0.2) is 9.97 Å². The third-order valence-electron chi connectivity index (χ3n) is 3.54. The average molecular weight is 379 g/mol. The number of hydrogen-bond acceptors (Lipinski definition) is 6. The number of carboxylic acid groups (broad SMARTS) is 1. The Morgan fingerprint density at radius 2 is 2.07 bits per heavy atom. The van der Waals surface area contributed by atoms with Crippen LogP contribution in [-0.4, -0.2) is 27.6 Å². The summed E-state index contributed by atoms with van der Waals surface area (Å²) in [5, 5.41) is 21.5. The van der Waals surface area contributed by atoms with Gasteiger partial charge in [-0.3, -0.25) is 4.79 Å². The summed E-state index contributed by atoms with van der Waals surface area (Å²) in [6.07, 6.45) is -1.41. The molecule has 7 nitrogen and oxygen atoms in total. The van der Waals surface area contributed by atoms with Gasteiger partial charge in [-0.2, -0.15) is 18.4 Å². The van der Waals surface area contributed by atoms with Gasteiger partial charge in [0.05, 0.1) is 11.6 Å². The Labute approximate surface area is 152 Å². The standard InChI is InChI=1S/C16H14F3N5.CH2O2/c17-16(18,19)14-11(8-21-12-4-5-12)9-22-15(24-14)23-13-3-1-2-10(6-13)7-20;2-1-3/h1-3,6,9,12,21H,4-5,8H2,(H,22,23,24);1H,(H,2,3). The molecule has 1 heterocycles. The largest absolute Gasteiger partial charge is 0.483 e. The van der Waals surface area contributed by atoms with Crippen LogP contribution in [0.3, 0.4) is 0 Å². The number of rotatable bonds is 5. The van der Waals surface area contributed by atoms with Crippen molar-refractivity contribution in [2.45, 2.75) is 31.6 Å². The van der Waals surface area contributed by atoms with Gasteiger partial charge < -0.3 is 15.7 Å². The minimum atomic E-state index is -4.56. The third kappa shape index (κ3) is 6.23. The Morgan fingerprint density at radius 1 is 1.37 bits per heavy atom. The second-order valence-corrected chi connectivity index (χ2v) is 5.64. The van der Waals surface area contributed by atoms with E-state index in [0.717, 1.165) is 12.8 Å². The predicted molar refractivity (Wildman–Crippen MR) is 90.0 cm³/mol. The van der Waals surface area contributed by atoms with Crippen molar-refractivity contribution in [3.63, 3.8) is 0 Å². The lowest BCUT2D eigenvalue weighted by atomic mass is 10.2. The van der Waals surface area contributed by atoms with E-state index in [0.29, 0.717) is 11.3 Å². The van der Waals surface area contributed by atoms with E-state index in [-0.39, 0.29) is 30.6 Å². The molecule has 0 spiro atoms. The van der Waals surface area contributed by atoms with Gasteiger partial charge in [0.1, 0.15) is 0 Å². The molecular weight excluding hydrogens is 363 g/mol. The van der Waals surface area contributed by atoms with Crippen LogP contribution >= 0.6 is 0 Å². The van der Waals surface area contributed by atoms with Crippen molar-refractivity contribution in [2.24, 2.45) is 0 Å². The minimum Gasteiger partial charge on any atom is -0.483 e. The van der Waals surface area contributed by atoms with Crippen molar-refractivity contribution in [1.29, 1.82) is 5.26 Å². The van der Waals surface area contributed by atoms with Crippen LogP contribution in [0.25, 0.3) is 0 Å². The van der Waals surface area contributed by atoms with Crippen molar-refractivity contribution < 1.29 is 23.1 Å². The summed E-state index contributed by atoms with van der Waals surface area (Å²) in [4.78, 5) is 15.9. The van der Waals surface area contributed by atoms with Crippen LogP contribution in [0.15, 0.2) is 30.5 Å². The third-order valence-corrected chi connectivity index (χ3v) is 3.54. The fourth-order valence-corrected chi connectivity index (χ4v) is 2.18. The Hall–Kier alpha value is -3.19. The van der Waals surface area contributed by atoms with Crippen LogP contribution in [0.2, 0.25) is 0 Å². The van der Waals surface area contributed by atoms with Gasteiger partial charge in [-0.05, 0) is 31.0 Å². The normalized spacial score (nSPS) is 13.1. The lowest BCUT2D eigenvalue weighted by Gasteiger charge is -2.14.